The van der Waals surface area contributed by atoms with Crippen molar-refractivity contribution in [3.63, 3.8) is 0 Å². The van der Waals surface area contributed by atoms with Crippen molar-refractivity contribution < 1.29 is 13.9 Å². The average molecular weight is 358 g/mol. The Hall–Kier alpha value is -2.59. The maximum Gasteiger partial charge on any atom is 0.338 e. The van der Waals surface area contributed by atoms with Crippen molar-refractivity contribution in [3.05, 3.63) is 88.0 Å². The monoisotopic (exact) mass is 357 g/mol. The van der Waals surface area contributed by atoms with E-state index < -0.39 is 11.8 Å². The van der Waals surface area contributed by atoms with Gasteiger partial charge in [-0.1, -0.05) is 17.7 Å². The summed E-state index contributed by atoms with van der Waals surface area (Å²) in [4.78, 5) is 12.2. The second-order valence-corrected chi connectivity index (χ2v) is 6.18. The molecule has 0 radical (unpaired) electrons. The van der Waals surface area contributed by atoms with Gasteiger partial charge in [-0.3, -0.25) is 0 Å². The number of esters is 1. The van der Waals surface area contributed by atoms with Crippen molar-refractivity contribution in [2.24, 2.45) is 0 Å². The SMILES string of the molecule is Cc1ccc(C)n1-c1ccc(C(=O)OCc2c(F)cccc2Cl)cc1. The molecule has 2 aromatic carbocycles. The first-order valence-corrected chi connectivity index (χ1v) is 8.20. The van der Waals surface area contributed by atoms with E-state index in [-0.39, 0.29) is 17.2 Å². The van der Waals surface area contributed by atoms with Crippen molar-refractivity contribution >= 4 is 17.6 Å². The molecule has 3 rings (SSSR count). The molecule has 0 saturated heterocycles. The standard InChI is InChI=1S/C20H17ClFNO2/c1-13-6-7-14(2)23(13)16-10-8-15(9-11-16)20(24)25-12-17-18(21)4-3-5-19(17)22/h3-11H,12H2,1-2H3. The lowest BCUT2D eigenvalue weighted by Crippen LogP contribution is -2.07. The average Bonchev–Trinajstić information content (AvgIpc) is 2.93. The van der Waals surface area contributed by atoms with Crippen LogP contribution in [0.3, 0.4) is 0 Å². The lowest BCUT2D eigenvalue weighted by Gasteiger charge is -2.11. The van der Waals surface area contributed by atoms with E-state index in [0.717, 1.165) is 17.1 Å². The van der Waals surface area contributed by atoms with Crippen molar-refractivity contribution in [1.29, 1.82) is 0 Å². The number of carbonyl (C=O) groups is 1. The van der Waals surface area contributed by atoms with Crippen molar-refractivity contribution in [3.8, 4) is 5.69 Å². The minimum Gasteiger partial charge on any atom is -0.457 e. The van der Waals surface area contributed by atoms with Gasteiger partial charge in [-0.2, -0.15) is 0 Å². The molecule has 1 heterocycles. The number of halogens is 2. The Balaban J connectivity index is 1.73. The van der Waals surface area contributed by atoms with Crippen LogP contribution < -0.4 is 0 Å². The second-order valence-electron chi connectivity index (χ2n) is 5.77. The zero-order valence-corrected chi connectivity index (χ0v) is 14.7. The summed E-state index contributed by atoms with van der Waals surface area (Å²) in [5.74, 6) is -1.01. The van der Waals surface area contributed by atoms with E-state index in [2.05, 4.69) is 4.57 Å². The molecule has 0 fully saturated rings. The molecular formula is C20H17ClFNO2. The fraction of sp³-hybridized carbons (Fsp3) is 0.150. The van der Waals surface area contributed by atoms with E-state index in [1.54, 1.807) is 18.2 Å². The minimum atomic E-state index is -0.521. The number of rotatable bonds is 4. The molecule has 25 heavy (non-hydrogen) atoms. The number of ether oxygens (including phenoxy) is 1. The number of nitrogens with zero attached hydrogens (tertiary/aromatic N) is 1. The summed E-state index contributed by atoms with van der Waals surface area (Å²) in [6.45, 7) is 3.84. The molecule has 3 aromatic rings. The number of benzene rings is 2. The van der Waals surface area contributed by atoms with Gasteiger partial charge in [0.05, 0.1) is 10.6 Å². The molecule has 1 aromatic heterocycles. The first-order chi connectivity index (χ1) is 12.0. The third kappa shape index (κ3) is 3.59. The van der Waals surface area contributed by atoms with E-state index in [1.807, 2.05) is 38.1 Å². The van der Waals surface area contributed by atoms with Crippen LogP contribution in [-0.4, -0.2) is 10.5 Å². The van der Waals surface area contributed by atoms with Crippen molar-refractivity contribution in [2.75, 3.05) is 0 Å². The van der Waals surface area contributed by atoms with Crippen LogP contribution >= 0.6 is 11.6 Å². The molecule has 128 valence electrons. The van der Waals surface area contributed by atoms with Gasteiger partial charge in [-0.05, 0) is 62.4 Å². The van der Waals surface area contributed by atoms with Crippen LogP contribution in [0, 0.1) is 19.7 Å². The highest BCUT2D eigenvalue weighted by atomic mass is 35.5. The van der Waals surface area contributed by atoms with Crippen LogP contribution in [0.4, 0.5) is 4.39 Å². The Kier molecular flexibility index (Phi) is 4.91. The Morgan fingerprint density at radius 2 is 1.68 bits per heavy atom. The Morgan fingerprint density at radius 3 is 2.28 bits per heavy atom. The highest BCUT2D eigenvalue weighted by Gasteiger charge is 2.12. The quantitative estimate of drug-likeness (QED) is 0.597. The van der Waals surface area contributed by atoms with E-state index in [0.29, 0.717) is 5.56 Å². The fourth-order valence-corrected chi connectivity index (χ4v) is 2.93. The van der Waals surface area contributed by atoms with Crippen LogP contribution in [0.15, 0.2) is 54.6 Å². The zero-order valence-electron chi connectivity index (χ0n) is 13.9. The maximum absolute atomic E-state index is 13.7. The van der Waals surface area contributed by atoms with Crippen LogP contribution in [0.1, 0.15) is 27.3 Å². The largest absolute Gasteiger partial charge is 0.457 e. The number of hydrogen-bond donors (Lipinski definition) is 0. The summed E-state index contributed by atoms with van der Waals surface area (Å²) >= 11 is 5.93. The van der Waals surface area contributed by atoms with Crippen molar-refractivity contribution in [2.45, 2.75) is 20.5 Å². The highest BCUT2D eigenvalue weighted by molar-refractivity contribution is 6.31. The van der Waals surface area contributed by atoms with Gasteiger partial charge < -0.3 is 9.30 Å². The van der Waals surface area contributed by atoms with Crippen LogP contribution in [-0.2, 0) is 11.3 Å². The first-order valence-electron chi connectivity index (χ1n) is 7.83. The van der Waals surface area contributed by atoms with E-state index in [1.165, 1.54) is 12.1 Å². The van der Waals surface area contributed by atoms with Crippen molar-refractivity contribution in [1.82, 2.24) is 4.57 Å². The predicted molar refractivity (Wildman–Crippen MR) is 95.8 cm³/mol. The molecule has 0 bridgehead atoms. The summed E-state index contributed by atoms with van der Waals surface area (Å²) in [6.07, 6.45) is 0. The Morgan fingerprint density at radius 1 is 1.04 bits per heavy atom. The fourth-order valence-electron chi connectivity index (χ4n) is 2.71. The topological polar surface area (TPSA) is 31.2 Å². The Labute approximate surface area is 150 Å². The summed E-state index contributed by atoms with van der Waals surface area (Å²) in [6, 6.07) is 15.5. The van der Waals surface area contributed by atoms with Crippen LogP contribution in [0.2, 0.25) is 5.02 Å². The molecule has 0 aliphatic carbocycles. The molecule has 0 N–H and O–H groups in total. The van der Waals surface area contributed by atoms with E-state index in [4.69, 9.17) is 16.3 Å². The smallest absolute Gasteiger partial charge is 0.338 e. The molecule has 0 aliphatic heterocycles. The van der Waals surface area contributed by atoms with Gasteiger partial charge in [-0.25, -0.2) is 9.18 Å². The molecule has 0 spiro atoms. The third-order valence-electron chi connectivity index (χ3n) is 4.04. The maximum atomic E-state index is 13.7. The summed E-state index contributed by atoms with van der Waals surface area (Å²) in [7, 11) is 0. The lowest BCUT2D eigenvalue weighted by molar-refractivity contribution is 0.0469. The zero-order chi connectivity index (χ0) is 18.0. The summed E-state index contributed by atoms with van der Waals surface area (Å²) in [5.41, 5.74) is 3.77. The van der Waals surface area contributed by atoms with Gasteiger partial charge in [0.15, 0.2) is 0 Å². The van der Waals surface area contributed by atoms with Gasteiger partial charge in [0.2, 0.25) is 0 Å². The number of aromatic nitrogens is 1. The third-order valence-corrected chi connectivity index (χ3v) is 4.40. The number of hydrogen-bond acceptors (Lipinski definition) is 2. The minimum absolute atomic E-state index is 0.174. The lowest BCUT2D eigenvalue weighted by atomic mass is 10.2. The predicted octanol–water partition coefficient (Wildman–Crippen LogP) is 5.24. The molecule has 3 nitrogen and oxygen atoms in total. The number of carbonyl (C=O) groups excluding carboxylic acids is 1. The molecule has 0 amide bonds. The van der Waals surface area contributed by atoms with E-state index in [9.17, 15) is 9.18 Å². The summed E-state index contributed by atoms with van der Waals surface area (Å²) in [5, 5.41) is 0.238. The van der Waals surface area contributed by atoms with E-state index >= 15 is 0 Å². The van der Waals surface area contributed by atoms with Gasteiger partial charge in [0.25, 0.3) is 0 Å². The molecular weight excluding hydrogens is 341 g/mol. The first kappa shape index (κ1) is 17.2. The van der Waals surface area contributed by atoms with Gasteiger partial charge in [0.1, 0.15) is 12.4 Å². The van der Waals surface area contributed by atoms with Crippen LogP contribution in [0.25, 0.3) is 5.69 Å². The second kappa shape index (κ2) is 7.11. The Bertz CT molecular complexity index is 876. The highest BCUT2D eigenvalue weighted by Crippen LogP contribution is 2.21. The molecule has 0 saturated carbocycles. The summed E-state index contributed by atoms with van der Waals surface area (Å²) < 4.78 is 21.0. The molecule has 5 heteroatoms. The molecule has 0 atom stereocenters. The van der Waals surface area contributed by atoms with Gasteiger partial charge >= 0.3 is 5.97 Å². The molecule has 0 unspecified atom stereocenters. The molecule has 0 aliphatic rings. The number of aryl methyl sites for hydroxylation is 2. The normalized spacial score (nSPS) is 10.7. The van der Waals surface area contributed by atoms with Gasteiger partial charge in [0, 0.05) is 22.6 Å². The van der Waals surface area contributed by atoms with Crippen LogP contribution in [0.5, 0.6) is 0 Å². The van der Waals surface area contributed by atoms with Gasteiger partial charge in [-0.15, -0.1) is 0 Å².